The highest BCUT2D eigenvalue weighted by molar-refractivity contribution is 7.98. The molecule has 8 heteroatoms. The molecule has 0 aliphatic heterocycles. The van der Waals surface area contributed by atoms with Crippen LogP contribution in [0.2, 0.25) is 5.02 Å². The highest BCUT2D eigenvalue weighted by atomic mass is 35.5. The van der Waals surface area contributed by atoms with Crippen LogP contribution < -0.4 is 9.47 Å². The van der Waals surface area contributed by atoms with Crippen LogP contribution in [0.4, 0.5) is 0 Å². The fourth-order valence-corrected chi connectivity index (χ4v) is 4.53. The topological polar surface area (TPSA) is 61.5 Å². The van der Waals surface area contributed by atoms with E-state index in [-0.39, 0.29) is 0 Å². The minimum absolute atomic E-state index is 0.573. The lowest BCUT2D eigenvalue weighted by atomic mass is 10.2. The predicted molar refractivity (Wildman–Crippen MR) is 147 cm³/mol. The van der Waals surface area contributed by atoms with Gasteiger partial charge in [-0.05, 0) is 53.4 Å². The Bertz CT molecular complexity index is 1280. The molecular weight excluding hydrogens is 492 g/mol. The fourth-order valence-electron chi connectivity index (χ4n) is 3.54. The molecule has 3 aromatic carbocycles. The third-order valence-corrected chi connectivity index (χ3v) is 6.67. The average Bonchev–Trinajstić information content (AvgIpc) is 3.29. The molecule has 0 aliphatic rings. The zero-order valence-corrected chi connectivity index (χ0v) is 22.0. The highest BCUT2D eigenvalue weighted by Gasteiger charge is 2.12. The van der Waals surface area contributed by atoms with Crippen LogP contribution in [0, 0.1) is 0 Å². The smallest absolute Gasteiger partial charge is 0.212 e. The van der Waals surface area contributed by atoms with E-state index in [1.165, 1.54) is 5.56 Å². The molecule has 0 saturated carbocycles. The summed E-state index contributed by atoms with van der Waals surface area (Å²) in [5.41, 5.74) is 3.29. The summed E-state index contributed by atoms with van der Waals surface area (Å²) in [4.78, 5) is 0. The number of ether oxygens (including phenoxy) is 2. The zero-order chi connectivity index (χ0) is 25.2. The summed E-state index contributed by atoms with van der Waals surface area (Å²) in [7, 11) is 1.64. The first kappa shape index (κ1) is 25.8. The van der Waals surface area contributed by atoms with Crippen LogP contribution in [-0.4, -0.2) is 34.8 Å². The van der Waals surface area contributed by atoms with E-state index in [1.54, 1.807) is 25.1 Å². The average molecular weight is 521 g/mol. The van der Waals surface area contributed by atoms with Crippen LogP contribution in [0.3, 0.4) is 0 Å². The summed E-state index contributed by atoms with van der Waals surface area (Å²) in [6.45, 7) is 2.69. The maximum atomic E-state index is 6.00. The van der Waals surface area contributed by atoms with E-state index in [0.717, 1.165) is 52.1 Å². The molecule has 0 atom stereocenters. The van der Waals surface area contributed by atoms with Crippen LogP contribution in [0.5, 0.6) is 11.5 Å². The van der Waals surface area contributed by atoms with E-state index in [4.69, 9.17) is 26.2 Å². The summed E-state index contributed by atoms with van der Waals surface area (Å²) < 4.78 is 13.4. The summed E-state index contributed by atoms with van der Waals surface area (Å²) in [5, 5.41) is 14.9. The standard InChI is InChI=1S/C28H29ClN4O2S/c1-3-7-27-31-32-28(36-20-22-10-13-24(29)14-11-22)33(27)30-19-23-12-15-25(26(18-23)34-2)35-17-16-21-8-5-4-6-9-21/h4-6,8-15,18-19H,3,7,16-17,20H2,1-2H3/b30-19-. The van der Waals surface area contributed by atoms with E-state index in [9.17, 15) is 0 Å². The van der Waals surface area contributed by atoms with E-state index in [1.807, 2.05) is 65.3 Å². The summed E-state index contributed by atoms with van der Waals surface area (Å²) >= 11 is 7.60. The summed E-state index contributed by atoms with van der Waals surface area (Å²) in [6, 6.07) is 23.9. The molecule has 0 saturated heterocycles. The van der Waals surface area contributed by atoms with Gasteiger partial charge in [0.05, 0.1) is 19.9 Å². The van der Waals surface area contributed by atoms with Gasteiger partial charge < -0.3 is 9.47 Å². The quantitative estimate of drug-likeness (QED) is 0.154. The Morgan fingerprint density at radius 2 is 1.75 bits per heavy atom. The molecule has 1 heterocycles. The molecule has 4 rings (SSSR count). The lowest BCUT2D eigenvalue weighted by Gasteiger charge is -2.11. The van der Waals surface area contributed by atoms with Gasteiger partial charge >= 0.3 is 0 Å². The Balaban J connectivity index is 1.45. The van der Waals surface area contributed by atoms with Gasteiger partial charge in [0.2, 0.25) is 5.16 Å². The third-order valence-electron chi connectivity index (χ3n) is 5.43. The van der Waals surface area contributed by atoms with Crippen molar-refractivity contribution in [2.45, 2.75) is 37.1 Å². The first-order chi connectivity index (χ1) is 17.7. The van der Waals surface area contributed by atoms with Gasteiger partial charge in [0.25, 0.3) is 0 Å². The van der Waals surface area contributed by atoms with Gasteiger partial charge in [-0.2, -0.15) is 9.78 Å². The lowest BCUT2D eigenvalue weighted by molar-refractivity contribution is 0.297. The van der Waals surface area contributed by atoms with Crippen LogP contribution in [-0.2, 0) is 18.6 Å². The van der Waals surface area contributed by atoms with Crippen LogP contribution in [0.25, 0.3) is 0 Å². The molecule has 0 amide bonds. The van der Waals surface area contributed by atoms with Crippen LogP contribution in [0.1, 0.15) is 35.9 Å². The van der Waals surface area contributed by atoms with Gasteiger partial charge in [0.15, 0.2) is 17.3 Å². The number of methoxy groups -OCH3 is 1. The molecule has 0 fully saturated rings. The Kier molecular flexibility index (Phi) is 9.41. The van der Waals surface area contributed by atoms with E-state index < -0.39 is 0 Å². The molecule has 1 aromatic heterocycles. The minimum Gasteiger partial charge on any atom is -0.493 e. The number of rotatable bonds is 12. The van der Waals surface area contributed by atoms with Crippen molar-refractivity contribution in [3.63, 3.8) is 0 Å². The molecule has 4 aromatic rings. The monoisotopic (exact) mass is 520 g/mol. The number of halogens is 1. The van der Waals surface area contributed by atoms with Gasteiger partial charge in [0.1, 0.15) is 0 Å². The van der Waals surface area contributed by atoms with Gasteiger partial charge in [-0.1, -0.05) is 72.8 Å². The lowest BCUT2D eigenvalue weighted by Crippen LogP contribution is -2.03. The summed E-state index contributed by atoms with van der Waals surface area (Å²) in [6.07, 6.45) is 4.38. The first-order valence-electron chi connectivity index (χ1n) is 11.9. The van der Waals surface area contributed by atoms with Crippen molar-refractivity contribution in [3.05, 3.63) is 100 Å². The van der Waals surface area contributed by atoms with E-state index in [2.05, 4.69) is 29.3 Å². The molecule has 0 radical (unpaired) electrons. The van der Waals surface area contributed by atoms with E-state index >= 15 is 0 Å². The second-order valence-corrected chi connectivity index (χ2v) is 9.49. The van der Waals surface area contributed by atoms with Gasteiger partial charge in [0, 0.05) is 23.6 Å². The van der Waals surface area contributed by atoms with Crippen molar-refractivity contribution in [1.29, 1.82) is 0 Å². The first-order valence-corrected chi connectivity index (χ1v) is 13.2. The maximum Gasteiger partial charge on any atom is 0.212 e. The molecule has 0 spiro atoms. The number of nitrogens with zero attached hydrogens (tertiary/aromatic N) is 4. The van der Waals surface area contributed by atoms with Gasteiger partial charge in [-0.15, -0.1) is 10.2 Å². The molecule has 0 unspecified atom stereocenters. The molecule has 0 N–H and O–H groups in total. The number of aryl methyl sites for hydroxylation is 1. The number of hydrogen-bond donors (Lipinski definition) is 0. The number of benzene rings is 3. The van der Waals surface area contributed by atoms with Crippen molar-refractivity contribution < 1.29 is 9.47 Å². The van der Waals surface area contributed by atoms with Gasteiger partial charge in [-0.3, -0.25) is 0 Å². The molecule has 36 heavy (non-hydrogen) atoms. The van der Waals surface area contributed by atoms with Crippen molar-refractivity contribution in [3.8, 4) is 11.5 Å². The molecule has 0 aliphatic carbocycles. The molecule has 6 nitrogen and oxygen atoms in total. The van der Waals surface area contributed by atoms with Crippen LogP contribution >= 0.6 is 23.4 Å². The zero-order valence-electron chi connectivity index (χ0n) is 20.4. The van der Waals surface area contributed by atoms with Crippen molar-refractivity contribution >= 4 is 29.6 Å². The summed E-state index contributed by atoms with van der Waals surface area (Å²) in [5.74, 6) is 2.96. The Labute approximate surface area is 221 Å². The predicted octanol–water partition coefficient (Wildman–Crippen LogP) is 6.69. The number of hydrogen-bond acceptors (Lipinski definition) is 6. The SMILES string of the molecule is CCCc1nnc(SCc2ccc(Cl)cc2)n1/N=C\c1ccc(OCCc2ccccc2)c(OC)c1. The largest absolute Gasteiger partial charge is 0.493 e. The number of thioether (sulfide) groups is 1. The normalized spacial score (nSPS) is 11.2. The highest BCUT2D eigenvalue weighted by Crippen LogP contribution is 2.28. The second kappa shape index (κ2) is 13.1. The maximum absolute atomic E-state index is 6.00. The third kappa shape index (κ3) is 7.12. The van der Waals surface area contributed by atoms with Gasteiger partial charge in [-0.25, -0.2) is 0 Å². The fraction of sp³-hybridized carbons (Fsp3) is 0.250. The van der Waals surface area contributed by atoms with E-state index in [0.29, 0.717) is 18.1 Å². The molecule has 0 bridgehead atoms. The van der Waals surface area contributed by atoms with Crippen molar-refractivity contribution in [2.24, 2.45) is 5.10 Å². The molecular formula is C28H29ClN4O2S. The van der Waals surface area contributed by atoms with Crippen LogP contribution in [0.15, 0.2) is 83.1 Å². The van der Waals surface area contributed by atoms with Crippen molar-refractivity contribution in [1.82, 2.24) is 14.9 Å². The Morgan fingerprint density at radius 3 is 2.50 bits per heavy atom. The second-order valence-electron chi connectivity index (χ2n) is 8.11. The minimum atomic E-state index is 0.573. The molecule has 186 valence electrons. The van der Waals surface area contributed by atoms with Crippen molar-refractivity contribution in [2.75, 3.05) is 13.7 Å². The number of aromatic nitrogens is 3. The Hall–Kier alpha value is -3.29. The Morgan fingerprint density at radius 1 is 0.944 bits per heavy atom.